The normalized spacial score (nSPS) is 11.6. The zero-order chi connectivity index (χ0) is 26.5. The van der Waals surface area contributed by atoms with E-state index in [0.29, 0.717) is 23.5 Å². The molecule has 4 rings (SSSR count). The lowest BCUT2D eigenvalue weighted by molar-refractivity contribution is -0.115. The molecule has 1 heterocycles. The second-order valence-corrected chi connectivity index (χ2v) is 9.20. The van der Waals surface area contributed by atoms with E-state index in [1.54, 1.807) is 18.2 Å². The quantitative estimate of drug-likeness (QED) is 0.283. The van der Waals surface area contributed by atoms with Gasteiger partial charge in [0.05, 0.1) is 0 Å². The average molecular weight is 498 g/mol. The summed E-state index contributed by atoms with van der Waals surface area (Å²) in [5.74, 6) is -0.961. The molecule has 1 atom stereocenters. The highest BCUT2D eigenvalue weighted by Gasteiger charge is 2.20. The van der Waals surface area contributed by atoms with Crippen LogP contribution >= 0.6 is 0 Å². The number of rotatable bonds is 8. The zero-order valence-corrected chi connectivity index (χ0v) is 21.4. The number of fused-ring (bicyclic) bond motifs is 1. The Morgan fingerprint density at radius 2 is 1.49 bits per heavy atom. The predicted molar refractivity (Wildman–Crippen MR) is 148 cm³/mol. The van der Waals surface area contributed by atoms with Gasteiger partial charge in [0.15, 0.2) is 0 Å². The van der Waals surface area contributed by atoms with E-state index in [1.165, 1.54) is 13.8 Å². The first-order valence-corrected chi connectivity index (χ1v) is 12.0. The average Bonchev–Trinajstić information content (AvgIpc) is 3.27. The summed E-state index contributed by atoms with van der Waals surface area (Å²) in [7, 11) is 3.99. The summed E-state index contributed by atoms with van der Waals surface area (Å²) >= 11 is 0. The molecule has 0 saturated heterocycles. The smallest absolute Gasteiger partial charge is 0.251 e. The molecular formula is C29H31N5O3. The number of aromatic nitrogens is 1. The molecule has 1 aromatic heterocycles. The lowest BCUT2D eigenvalue weighted by Crippen LogP contribution is -2.29. The number of hydrogen-bond donors (Lipinski definition) is 4. The van der Waals surface area contributed by atoms with Crippen LogP contribution in [0.5, 0.6) is 0 Å². The molecule has 4 aromatic rings. The standard InChI is InChI=1S/C29H31N5O3/c1-18(35)32-22-13-21(14-23(15-22)33-19(2)36)29(37)31-16-26(20-9-11-24(12-10-20)34(3)4)27-17-30-28-8-6-5-7-25(27)28/h5-15,17,26,30H,16H2,1-4H3,(H,31,37)(H,32,35)(H,33,36). The molecule has 0 aliphatic carbocycles. The summed E-state index contributed by atoms with van der Waals surface area (Å²) < 4.78 is 0. The molecule has 3 aromatic carbocycles. The van der Waals surface area contributed by atoms with Crippen molar-refractivity contribution >= 4 is 45.7 Å². The third-order valence-corrected chi connectivity index (χ3v) is 6.11. The topological polar surface area (TPSA) is 106 Å². The largest absolute Gasteiger partial charge is 0.378 e. The summed E-state index contributed by atoms with van der Waals surface area (Å²) in [6.45, 7) is 3.12. The second kappa shape index (κ2) is 11.0. The van der Waals surface area contributed by atoms with Crippen LogP contribution in [0.15, 0.2) is 72.9 Å². The van der Waals surface area contributed by atoms with Gasteiger partial charge in [-0.05, 0) is 47.5 Å². The summed E-state index contributed by atoms with van der Waals surface area (Å²) in [5, 5.41) is 9.52. The summed E-state index contributed by atoms with van der Waals surface area (Å²) in [5.41, 5.74) is 5.46. The molecule has 0 radical (unpaired) electrons. The number of nitrogens with one attached hydrogen (secondary N) is 4. The van der Waals surface area contributed by atoms with Crippen molar-refractivity contribution in [2.24, 2.45) is 0 Å². The Bertz CT molecular complexity index is 1410. The summed E-state index contributed by atoms with van der Waals surface area (Å²) in [6, 6.07) is 21.2. The highest BCUT2D eigenvalue weighted by molar-refractivity contribution is 6.00. The van der Waals surface area contributed by atoms with Gasteiger partial charge in [-0.1, -0.05) is 30.3 Å². The number of benzene rings is 3. The highest BCUT2D eigenvalue weighted by Crippen LogP contribution is 2.31. The number of hydrogen-bond acceptors (Lipinski definition) is 4. The van der Waals surface area contributed by atoms with Gasteiger partial charge in [0.1, 0.15) is 0 Å². The van der Waals surface area contributed by atoms with Crippen LogP contribution in [0.3, 0.4) is 0 Å². The SMILES string of the molecule is CC(=O)Nc1cc(NC(C)=O)cc(C(=O)NCC(c2ccc(N(C)C)cc2)c2c[nH]c3ccccc23)c1. The van der Waals surface area contributed by atoms with E-state index in [1.807, 2.05) is 43.4 Å². The van der Waals surface area contributed by atoms with Crippen LogP contribution in [-0.4, -0.2) is 43.3 Å². The van der Waals surface area contributed by atoms with Gasteiger partial charge >= 0.3 is 0 Å². The molecule has 8 heteroatoms. The number of nitrogens with zero attached hydrogens (tertiary/aromatic N) is 1. The minimum Gasteiger partial charge on any atom is -0.378 e. The monoisotopic (exact) mass is 497 g/mol. The van der Waals surface area contributed by atoms with Crippen molar-refractivity contribution in [3.05, 3.63) is 89.6 Å². The van der Waals surface area contributed by atoms with Crippen molar-refractivity contribution in [3.63, 3.8) is 0 Å². The molecule has 190 valence electrons. The van der Waals surface area contributed by atoms with E-state index in [4.69, 9.17) is 0 Å². The first-order chi connectivity index (χ1) is 17.7. The van der Waals surface area contributed by atoms with Crippen molar-refractivity contribution in [2.45, 2.75) is 19.8 Å². The number of carbonyl (C=O) groups excluding carboxylic acids is 3. The van der Waals surface area contributed by atoms with Crippen LogP contribution < -0.4 is 20.9 Å². The fraction of sp³-hybridized carbons (Fsp3) is 0.207. The van der Waals surface area contributed by atoms with Crippen LogP contribution in [0.4, 0.5) is 17.1 Å². The van der Waals surface area contributed by atoms with Gasteiger partial charge in [-0.2, -0.15) is 0 Å². The van der Waals surface area contributed by atoms with Crippen LogP contribution in [0.1, 0.15) is 41.3 Å². The Morgan fingerprint density at radius 1 is 0.865 bits per heavy atom. The highest BCUT2D eigenvalue weighted by atomic mass is 16.2. The van der Waals surface area contributed by atoms with E-state index in [9.17, 15) is 14.4 Å². The fourth-order valence-corrected chi connectivity index (χ4v) is 4.40. The molecule has 0 bridgehead atoms. The van der Waals surface area contributed by atoms with E-state index >= 15 is 0 Å². The Morgan fingerprint density at radius 3 is 2.08 bits per heavy atom. The number of anilines is 3. The van der Waals surface area contributed by atoms with Gasteiger partial charge in [0, 0.05) is 80.1 Å². The molecule has 3 amide bonds. The van der Waals surface area contributed by atoms with Crippen LogP contribution in [0.25, 0.3) is 10.9 Å². The Balaban J connectivity index is 1.64. The van der Waals surface area contributed by atoms with Crippen LogP contribution in [0, 0.1) is 0 Å². The van der Waals surface area contributed by atoms with Gasteiger partial charge in [-0.25, -0.2) is 0 Å². The van der Waals surface area contributed by atoms with E-state index in [0.717, 1.165) is 27.7 Å². The molecule has 0 saturated carbocycles. The van der Waals surface area contributed by atoms with Gasteiger partial charge < -0.3 is 25.8 Å². The molecule has 8 nitrogen and oxygen atoms in total. The van der Waals surface area contributed by atoms with Crippen LogP contribution in [0.2, 0.25) is 0 Å². The molecule has 0 spiro atoms. The van der Waals surface area contributed by atoms with E-state index < -0.39 is 0 Å². The predicted octanol–water partition coefficient (Wildman–Crippen LogP) is 4.71. The maximum absolute atomic E-state index is 13.3. The first kappa shape index (κ1) is 25.5. The van der Waals surface area contributed by atoms with Crippen molar-refractivity contribution in [3.8, 4) is 0 Å². The first-order valence-electron chi connectivity index (χ1n) is 12.0. The molecular weight excluding hydrogens is 466 g/mol. The summed E-state index contributed by atoms with van der Waals surface area (Å²) in [4.78, 5) is 41.9. The number of carbonyl (C=O) groups is 3. The van der Waals surface area contributed by atoms with E-state index in [-0.39, 0.29) is 23.6 Å². The van der Waals surface area contributed by atoms with Gasteiger partial charge in [-0.3, -0.25) is 14.4 Å². The number of H-pyrrole nitrogens is 1. The molecule has 37 heavy (non-hydrogen) atoms. The second-order valence-electron chi connectivity index (χ2n) is 9.20. The fourth-order valence-electron chi connectivity index (χ4n) is 4.40. The Hall–Kier alpha value is -4.59. The van der Waals surface area contributed by atoms with Crippen molar-refractivity contribution in [1.29, 1.82) is 0 Å². The third kappa shape index (κ3) is 6.16. The maximum atomic E-state index is 13.3. The third-order valence-electron chi connectivity index (χ3n) is 6.11. The number of aromatic amines is 1. The van der Waals surface area contributed by atoms with Gasteiger partial charge in [0.25, 0.3) is 5.91 Å². The Kier molecular flexibility index (Phi) is 7.57. The lowest BCUT2D eigenvalue weighted by atomic mass is 9.90. The van der Waals surface area contributed by atoms with Crippen LogP contribution in [-0.2, 0) is 9.59 Å². The van der Waals surface area contributed by atoms with Gasteiger partial charge in [-0.15, -0.1) is 0 Å². The molecule has 0 aliphatic heterocycles. The Labute approximate surface area is 216 Å². The molecule has 1 unspecified atom stereocenters. The molecule has 4 N–H and O–H groups in total. The molecule has 0 fully saturated rings. The number of amides is 3. The summed E-state index contributed by atoms with van der Waals surface area (Å²) in [6.07, 6.45) is 1.99. The lowest BCUT2D eigenvalue weighted by Gasteiger charge is -2.20. The van der Waals surface area contributed by atoms with Crippen molar-refractivity contribution in [2.75, 3.05) is 36.2 Å². The zero-order valence-electron chi connectivity index (χ0n) is 21.4. The number of para-hydroxylation sites is 1. The van der Waals surface area contributed by atoms with E-state index in [2.05, 4.69) is 51.3 Å². The van der Waals surface area contributed by atoms with Crippen molar-refractivity contribution in [1.82, 2.24) is 10.3 Å². The minimum atomic E-state index is -0.312. The van der Waals surface area contributed by atoms with Gasteiger partial charge in [0.2, 0.25) is 11.8 Å². The minimum absolute atomic E-state index is 0.107. The maximum Gasteiger partial charge on any atom is 0.251 e. The molecule has 0 aliphatic rings. The van der Waals surface area contributed by atoms with Crippen molar-refractivity contribution < 1.29 is 14.4 Å².